The number of hydrogen-bond donors (Lipinski definition) is 2. The first kappa shape index (κ1) is 12.9. The number of aromatic nitrogens is 1. The Balaban J connectivity index is 2.47. The summed E-state index contributed by atoms with van der Waals surface area (Å²) in [5, 5.41) is 12.8. The lowest BCUT2D eigenvalue weighted by molar-refractivity contribution is -0.131. The smallest absolute Gasteiger partial charge is 0.328 e. The van der Waals surface area contributed by atoms with Crippen molar-refractivity contribution < 1.29 is 9.90 Å². The maximum Gasteiger partial charge on any atom is 0.328 e. The van der Waals surface area contributed by atoms with Crippen molar-refractivity contribution in [2.45, 2.75) is 26.8 Å². The first-order valence-corrected chi connectivity index (χ1v) is 5.86. The van der Waals surface area contributed by atoms with Crippen molar-refractivity contribution in [2.75, 3.05) is 6.54 Å². The highest BCUT2D eigenvalue weighted by atomic mass is 32.1. The molecule has 0 saturated carbocycles. The fourth-order valence-electron chi connectivity index (χ4n) is 1.24. The number of carboxylic acids is 1. The number of aliphatic carboxylic acids is 1. The van der Waals surface area contributed by atoms with E-state index in [1.165, 1.54) is 11.0 Å². The number of nitrogens with one attached hydrogen (secondary N) is 1. The maximum absolute atomic E-state index is 10.4. The van der Waals surface area contributed by atoms with Crippen molar-refractivity contribution in [3.63, 3.8) is 0 Å². The van der Waals surface area contributed by atoms with Gasteiger partial charge in [-0.1, -0.05) is 5.57 Å². The predicted octanol–water partition coefficient (Wildman–Crippen LogP) is 2.13. The summed E-state index contributed by atoms with van der Waals surface area (Å²) in [5.74, 6) is -0.906. The average Bonchev–Trinajstić information content (AvgIpc) is 2.60. The number of carboxylic acid groups (broad SMARTS) is 1. The molecular weight excluding hydrogens is 224 g/mol. The van der Waals surface area contributed by atoms with Crippen molar-refractivity contribution in [3.05, 3.63) is 27.7 Å². The van der Waals surface area contributed by atoms with Gasteiger partial charge in [-0.25, -0.2) is 9.78 Å². The van der Waals surface area contributed by atoms with Gasteiger partial charge in [0.1, 0.15) is 5.01 Å². The van der Waals surface area contributed by atoms with Gasteiger partial charge in [0.05, 0.1) is 6.04 Å². The molecule has 0 aliphatic rings. The molecule has 0 spiro atoms. The Morgan fingerprint density at radius 3 is 2.94 bits per heavy atom. The summed E-state index contributed by atoms with van der Waals surface area (Å²) in [6, 6.07) is 0.149. The van der Waals surface area contributed by atoms with Gasteiger partial charge in [-0.3, -0.25) is 0 Å². The zero-order chi connectivity index (χ0) is 12.1. The fourth-order valence-corrected chi connectivity index (χ4v) is 2.04. The summed E-state index contributed by atoms with van der Waals surface area (Å²) >= 11 is 1.65. The second-order valence-electron chi connectivity index (χ2n) is 3.74. The highest BCUT2D eigenvalue weighted by molar-refractivity contribution is 7.11. The van der Waals surface area contributed by atoms with E-state index < -0.39 is 5.97 Å². The Morgan fingerprint density at radius 1 is 1.75 bits per heavy atom. The normalized spacial score (nSPS) is 13.8. The van der Waals surface area contributed by atoms with E-state index in [1.807, 2.05) is 20.0 Å². The van der Waals surface area contributed by atoms with Crippen LogP contribution in [-0.4, -0.2) is 22.6 Å². The average molecular weight is 240 g/mol. The second kappa shape index (κ2) is 5.77. The summed E-state index contributed by atoms with van der Waals surface area (Å²) in [5.41, 5.74) is 0.799. The molecule has 2 N–H and O–H groups in total. The van der Waals surface area contributed by atoms with Crippen LogP contribution in [0.15, 0.2) is 17.8 Å². The lowest BCUT2D eigenvalue weighted by atomic mass is 10.2. The molecule has 0 saturated heterocycles. The van der Waals surface area contributed by atoms with Gasteiger partial charge in [0.25, 0.3) is 0 Å². The molecular formula is C11H16N2O2S. The minimum absolute atomic E-state index is 0.149. The first-order chi connectivity index (χ1) is 7.49. The molecule has 0 aliphatic carbocycles. The minimum atomic E-state index is -0.906. The van der Waals surface area contributed by atoms with E-state index in [0.717, 1.165) is 10.6 Å². The van der Waals surface area contributed by atoms with E-state index in [1.54, 1.807) is 18.3 Å². The largest absolute Gasteiger partial charge is 0.478 e. The third-order valence-electron chi connectivity index (χ3n) is 2.07. The van der Waals surface area contributed by atoms with Crippen molar-refractivity contribution in [1.29, 1.82) is 0 Å². The summed E-state index contributed by atoms with van der Waals surface area (Å²) < 4.78 is 0. The number of carbonyl (C=O) groups is 1. The van der Waals surface area contributed by atoms with Crippen LogP contribution in [0.4, 0.5) is 0 Å². The Kier molecular flexibility index (Phi) is 4.64. The molecule has 5 heteroatoms. The quantitative estimate of drug-likeness (QED) is 0.774. The lowest BCUT2D eigenvalue weighted by Gasteiger charge is -2.10. The molecule has 88 valence electrons. The summed E-state index contributed by atoms with van der Waals surface area (Å²) in [7, 11) is 0. The van der Waals surface area contributed by atoms with Gasteiger partial charge in [-0.2, -0.15) is 0 Å². The Hall–Kier alpha value is -1.20. The third-order valence-corrected chi connectivity index (χ3v) is 3.16. The van der Waals surface area contributed by atoms with Crippen molar-refractivity contribution in [2.24, 2.45) is 0 Å². The van der Waals surface area contributed by atoms with Crippen molar-refractivity contribution in [1.82, 2.24) is 10.3 Å². The molecule has 16 heavy (non-hydrogen) atoms. The zero-order valence-corrected chi connectivity index (χ0v) is 10.5. The first-order valence-electron chi connectivity index (χ1n) is 5.05. The van der Waals surface area contributed by atoms with E-state index >= 15 is 0 Å². The summed E-state index contributed by atoms with van der Waals surface area (Å²) in [6.07, 6.45) is 3.06. The van der Waals surface area contributed by atoms with Gasteiger partial charge < -0.3 is 10.4 Å². The maximum atomic E-state index is 10.4. The topological polar surface area (TPSA) is 62.2 Å². The van der Waals surface area contributed by atoms with Crippen LogP contribution >= 0.6 is 11.3 Å². The Labute approximate surface area is 99.0 Å². The van der Waals surface area contributed by atoms with Gasteiger partial charge >= 0.3 is 5.97 Å². The molecule has 0 fully saturated rings. The molecule has 0 amide bonds. The van der Waals surface area contributed by atoms with Crippen molar-refractivity contribution in [3.8, 4) is 0 Å². The third kappa shape index (κ3) is 4.12. The van der Waals surface area contributed by atoms with Crippen LogP contribution in [0.3, 0.4) is 0 Å². The van der Waals surface area contributed by atoms with Gasteiger partial charge in [-0.05, 0) is 20.8 Å². The predicted molar refractivity (Wildman–Crippen MR) is 64.7 cm³/mol. The molecule has 1 unspecified atom stereocenters. The number of nitrogens with zero attached hydrogens (tertiary/aromatic N) is 1. The highest BCUT2D eigenvalue weighted by Gasteiger charge is 2.08. The van der Waals surface area contributed by atoms with Gasteiger partial charge in [0.15, 0.2) is 0 Å². The summed E-state index contributed by atoms with van der Waals surface area (Å²) in [6.45, 7) is 6.39. The van der Waals surface area contributed by atoms with Gasteiger partial charge in [0, 0.05) is 23.7 Å². The molecule has 0 radical (unpaired) electrons. The molecule has 1 rings (SSSR count). The van der Waals surface area contributed by atoms with E-state index in [-0.39, 0.29) is 6.04 Å². The van der Waals surface area contributed by atoms with Crippen LogP contribution in [0.1, 0.15) is 29.8 Å². The monoisotopic (exact) mass is 240 g/mol. The second-order valence-corrected chi connectivity index (χ2v) is 5.01. The molecule has 1 atom stereocenters. The molecule has 1 heterocycles. The van der Waals surface area contributed by atoms with E-state index in [4.69, 9.17) is 5.11 Å². The zero-order valence-electron chi connectivity index (χ0n) is 9.65. The van der Waals surface area contributed by atoms with Crippen LogP contribution in [0, 0.1) is 6.92 Å². The van der Waals surface area contributed by atoms with E-state index in [2.05, 4.69) is 10.3 Å². The number of hydrogen-bond acceptors (Lipinski definition) is 4. The molecule has 0 aliphatic heterocycles. The molecule has 1 aromatic heterocycles. The molecule has 1 aromatic rings. The summed E-state index contributed by atoms with van der Waals surface area (Å²) in [4.78, 5) is 15.9. The molecule has 0 bridgehead atoms. The van der Waals surface area contributed by atoms with E-state index in [9.17, 15) is 4.79 Å². The highest BCUT2D eigenvalue weighted by Crippen LogP contribution is 2.18. The van der Waals surface area contributed by atoms with Gasteiger partial charge in [-0.15, -0.1) is 11.3 Å². The number of aryl methyl sites for hydroxylation is 1. The fraction of sp³-hybridized carbons (Fsp3) is 0.455. The SMILES string of the molecule is C/C(=C\C(=O)O)CNC(C)c1ncc(C)s1. The van der Waals surface area contributed by atoms with Gasteiger partial charge in [0.2, 0.25) is 0 Å². The van der Waals surface area contributed by atoms with Crippen LogP contribution < -0.4 is 5.32 Å². The van der Waals surface area contributed by atoms with Crippen molar-refractivity contribution >= 4 is 17.3 Å². The van der Waals surface area contributed by atoms with Crippen LogP contribution in [-0.2, 0) is 4.79 Å². The standard InChI is InChI=1S/C11H16N2O2S/c1-7(4-10(14)15)5-12-9(3)11-13-6-8(2)16-11/h4,6,9,12H,5H2,1-3H3,(H,14,15)/b7-4+. The van der Waals surface area contributed by atoms with Crippen LogP contribution in [0.2, 0.25) is 0 Å². The Morgan fingerprint density at radius 2 is 2.44 bits per heavy atom. The Bertz CT molecular complexity index is 398. The number of thiazole rings is 1. The van der Waals surface area contributed by atoms with E-state index in [0.29, 0.717) is 6.54 Å². The molecule has 0 aromatic carbocycles. The number of rotatable bonds is 5. The van der Waals surface area contributed by atoms with Crippen LogP contribution in [0.5, 0.6) is 0 Å². The van der Waals surface area contributed by atoms with Crippen LogP contribution in [0.25, 0.3) is 0 Å². The minimum Gasteiger partial charge on any atom is -0.478 e. The lowest BCUT2D eigenvalue weighted by Crippen LogP contribution is -2.20. The molecule has 4 nitrogen and oxygen atoms in total.